The Morgan fingerprint density at radius 3 is 2.37 bits per heavy atom. The van der Waals surface area contributed by atoms with Crippen LogP contribution in [0.15, 0.2) is 0 Å². The Balaban J connectivity index is 1.86. The Morgan fingerprint density at radius 1 is 1.00 bits per heavy atom. The minimum Gasteiger partial charge on any atom is -0.368 e. The lowest BCUT2D eigenvalue weighted by Crippen LogP contribution is -2.48. The van der Waals surface area contributed by atoms with Crippen LogP contribution >= 0.6 is 0 Å². The van der Waals surface area contributed by atoms with Gasteiger partial charge in [0.15, 0.2) is 0 Å². The number of amides is 1. The van der Waals surface area contributed by atoms with E-state index in [0.717, 1.165) is 25.9 Å². The molecule has 1 aromatic heterocycles. The second-order valence-corrected chi connectivity index (χ2v) is 4.76. The van der Waals surface area contributed by atoms with Crippen molar-refractivity contribution in [1.82, 2.24) is 20.3 Å². The van der Waals surface area contributed by atoms with Crippen molar-refractivity contribution >= 4 is 23.8 Å². The predicted octanol–water partition coefficient (Wildman–Crippen LogP) is -1.01. The fourth-order valence-corrected chi connectivity index (χ4v) is 2.38. The highest BCUT2D eigenvalue weighted by molar-refractivity contribution is 5.82. The van der Waals surface area contributed by atoms with Gasteiger partial charge in [-0.15, -0.1) is 0 Å². The van der Waals surface area contributed by atoms with Gasteiger partial charge in [0.25, 0.3) is 0 Å². The van der Waals surface area contributed by atoms with Crippen LogP contribution in [0, 0.1) is 0 Å². The van der Waals surface area contributed by atoms with Gasteiger partial charge in [-0.1, -0.05) is 0 Å². The Hall–Kier alpha value is -2.12. The molecule has 102 valence electrons. The molecule has 2 saturated heterocycles. The van der Waals surface area contributed by atoms with Gasteiger partial charge in [-0.3, -0.25) is 4.79 Å². The first-order chi connectivity index (χ1) is 9.22. The molecule has 2 aliphatic rings. The zero-order chi connectivity index (χ0) is 13.2. The number of anilines is 3. The summed E-state index contributed by atoms with van der Waals surface area (Å²) in [7, 11) is 0. The average molecular weight is 263 g/mol. The van der Waals surface area contributed by atoms with Gasteiger partial charge in [0.05, 0.1) is 6.54 Å². The highest BCUT2D eigenvalue weighted by Crippen LogP contribution is 2.19. The summed E-state index contributed by atoms with van der Waals surface area (Å²) in [5.74, 6) is 1.29. The molecule has 0 aromatic carbocycles. The first-order valence-corrected chi connectivity index (χ1v) is 6.50. The maximum absolute atomic E-state index is 11.4. The summed E-state index contributed by atoms with van der Waals surface area (Å²) in [6.45, 7) is 3.45. The van der Waals surface area contributed by atoms with Gasteiger partial charge < -0.3 is 20.9 Å². The maximum atomic E-state index is 11.4. The SMILES string of the molecule is Nc1nc(N2CCCC2)nc(N2CCNC(=O)C2)n1. The second-order valence-electron chi connectivity index (χ2n) is 4.76. The molecule has 0 atom stereocenters. The van der Waals surface area contributed by atoms with E-state index in [1.54, 1.807) is 0 Å². The van der Waals surface area contributed by atoms with Gasteiger partial charge in [0.1, 0.15) is 0 Å². The average Bonchev–Trinajstić information content (AvgIpc) is 2.92. The van der Waals surface area contributed by atoms with Crippen LogP contribution in [0.1, 0.15) is 12.8 Å². The fourth-order valence-electron chi connectivity index (χ4n) is 2.38. The number of rotatable bonds is 2. The molecular weight excluding hydrogens is 246 g/mol. The Labute approximate surface area is 111 Å². The predicted molar refractivity (Wildman–Crippen MR) is 70.9 cm³/mol. The molecule has 3 rings (SSSR count). The van der Waals surface area contributed by atoms with Crippen molar-refractivity contribution in [2.75, 3.05) is 48.3 Å². The van der Waals surface area contributed by atoms with E-state index in [4.69, 9.17) is 5.73 Å². The van der Waals surface area contributed by atoms with Crippen LogP contribution in [-0.4, -0.2) is 53.6 Å². The van der Waals surface area contributed by atoms with Gasteiger partial charge in [0.2, 0.25) is 23.8 Å². The molecule has 0 unspecified atom stereocenters. The Bertz CT molecular complexity index is 486. The highest BCUT2D eigenvalue weighted by Gasteiger charge is 2.22. The van der Waals surface area contributed by atoms with Gasteiger partial charge in [0, 0.05) is 26.2 Å². The fraction of sp³-hybridized carbons (Fsp3) is 0.636. The van der Waals surface area contributed by atoms with Gasteiger partial charge in [-0.2, -0.15) is 15.0 Å². The van der Waals surface area contributed by atoms with Crippen LogP contribution in [0.25, 0.3) is 0 Å². The molecule has 0 saturated carbocycles. The Kier molecular flexibility index (Phi) is 3.06. The van der Waals surface area contributed by atoms with Crippen LogP contribution in [0.5, 0.6) is 0 Å². The number of piperazine rings is 1. The lowest BCUT2D eigenvalue weighted by molar-refractivity contribution is -0.120. The van der Waals surface area contributed by atoms with Crippen molar-refractivity contribution in [3.05, 3.63) is 0 Å². The van der Waals surface area contributed by atoms with Gasteiger partial charge >= 0.3 is 0 Å². The van der Waals surface area contributed by atoms with Crippen LogP contribution in [-0.2, 0) is 4.79 Å². The summed E-state index contributed by atoms with van der Waals surface area (Å²) < 4.78 is 0. The first kappa shape index (κ1) is 11.9. The van der Waals surface area contributed by atoms with Crippen molar-refractivity contribution in [3.63, 3.8) is 0 Å². The molecule has 1 aromatic rings. The number of nitrogen functional groups attached to an aromatic ring is 1. The number of hydrogen-bond donors (Lipinski definition) is 2. The molecule has 0 radical (unpaired) electrons. The minimum atomic E-state index is -0.0204. The first-order valence-electron chi connectivity index (χ1n) is 6.50. The second kappa shape index (κ2) is 4.87. The van der Waals surface area contributed by atoms with E-state index < -0.39 is 0 Å². The van der Waals surface area contributed by atoms with Crippen molar-refractivity contribution in [2.45, 2.75) is 12.8 Å². The van der Waals surface area contributed by atoms with Crippen molar-refractivity contribution in [1.29, 1.82) is 0 Å². The van der Waals surface area contributed by atoms with Crippen LogP contribution in [0.2, 0.25) is 0 Å². The normalized spacial score (nSPS) is 19.7. The third-order valence-corrected chi connectivity index (χ3v) is 3.34. The van der Waals surface area contributed by atoms with Crippen LogP contribution in [0.3, 0.4) is 0 Å². The molecule has 0 spiro atoms. The van der Waals surface area contributed by atoms with E-state index in [0.29, 0.717) is 25.0 Å². The number of nitrogens with zero attached hydrogens (tertiary/aromatic N) is 5. The number of hydrogen-bond acceptors (Lipinski definition) is 7. The summed E-state index contributed by atoms with van der Waals surface area (Å²) in [4.78, 5) is 28.1. The highest BCUT2D eigenvalue weighted by atomic mass is 16.2. The summed E-state index contributed by atoms with van der Waals surface area (Å²) in [5, 5.41) is 2.77. The zero-order valence-corrected chi connectivity index (χ0v) is 10.7. The molecule has 8 heteroatoms. The molecular formula is C11H17N7O. The lowest BCUT2D eigenvalue weighted by Gasteiger charge is -2.27. The molecule has 1 amide bonds. The molecule has 2 aliphatic heterocycles. The third kappa shape index (κ3) is 2.51. The van der Waals surface area contributed by atoms with E-state index in [1.165, 1.54) is 0 Å². The summed E-state index contributed by atoms with van der Waals surface area (Å²) >= 11 is 0. The van der Waals surface area contributed by atoms with E-state index >= 15 is 0 Å². The molecule has 0 aliphatic carbocycles. The van der Waals surface area contributed by atoms with Gasteiger partial charge in [-0.05, 0) is 12.8 Å². The standard InChI is InChI=1S/C11H17N7O/c12-9-14-10(17-4-1-2-5-17)16-11(15-9)18-6-3-13-8(19)7-18/h1-7H2,(H,13,19)(H2,12,14,15,16). The monoisotopic (exact) mass is 263 g/mol. The van der Waals surface area contributed by atoms with Crippen molar-refractivity contribution in [3.8, 4) is 0 Å². The van der Waals surface area contributed by atoms with E-state index in [-0.39, 0.29) is 18.4 Å². The molecule has 8 nitrogen and oxygen atoms in total. The molecule has 19 heavy (non-hydrogen) atoms. The summed E-state index contributed by atoms with van der Waals surface area (Å²) in [6, 6.07) is 0. The zero-order valence-electron chi connectivity index (χ0n) is 10.7. The van der Waals surface area contributed by atoms with E-state index in [2.05, 4.69) is 25.2 Å². The summed E-state index contributed by atoms with van der Waals surface area (Å²) in [5.41, 5.74) is 5.75. The molecule has 3 N–H and O–H groups in total. The number of carbonyl (C=O) groups is 1. The maximum Gasteiger partial charge on any atom is 0.239 e. The number of nitrogens with one attached hydrogen (secondary N) is 1. The smallest absolute Gasteiger partial charge is 0.239 e. The lowest BCUT2D eigenvalue weighted by atomic mass is 10.4. The number of carbonyl (C=O) groups excluding carboxylic acids is 1. The van der Waals surface area contributed by atoms with E-state index in [1.807, 2.05) is 4.90 Å². The minimum absolute atomic E-state index is 0.0204. The largest absolute Gasteiger partial charge is 0.368 e. The van der Waals surface area contributed by atoms with E-state index in [9.17, 15) is 4.79 Å². The topological polar surface area (TPSA) is 100 Å². The number of aromatic nitrogens is 3. The molecule has 2 fully saturated rings. The quantitative estimate of drug-likeness (QED) is 0.705. The third-order valence-electron chi connectivity index (χ3n) is 3.34. The molecule has 3 heterocycles. The van der Waals surface area contributed by atoms with Crippen molar-refractivity contribution < 1.29 is 4.79 Å². The van der Waals surface area contributed by atoms with Crippen molar-refractivity contribution in [2.24, 2.45) is 0 Å². The van der Waals surface area contributed by atoms with Crippen LogP contribution in [0.4, 0.5) is 17.8 Å². The summed E-state index contributed by atoms with van der Waals surface area (Å²) in [6.07, 6.45) is 2.29. The van der Waals surface area contributed by atoms with Crippen LogP contribution < -0.4 is 20.9 Å². The van der Waals surface area contributed by atoms with Gasteiger partial charge in [-0.25, -0.2) is 0 Å². The Morgan fingerprint density at radius 2 is 1.68 bits per heavy atom. The molecule has 0 bridgehead atoms. The number of nitrogens with two attached hydrogens (primary N) is 1.